The fourth-order valence-corrected chi connectivity index (χ4v) is 4.96. The number of nitrogens with two attached hydrogens (primary N) is 1. The van der Waals surface area contributed by atoms with Crippen molar-refractivity contribution in [2.45, 2.75) is 37.6 Å². The molecule has 0 radical (unpaired) electrons. The monoisotopic (exact) mass is 445 g/mol. The average Bonchev–Trinajstić information content (AvgIpc) is 3.18. The molecule has 0 saturated carbocycles. The van der Waals surface area contributed by atoms with E-state index in [9.17, 15) is 9.18 Å². The van der Waals surface area contributed by atoms with Gasteiger partial charge >= 0.3 is 0 Å². The van der Waals surface area contributed by atoms with Gasteiger partial charge in [-0.15, -0.1) is 0 Å². The van der Waals surface area contributed by atoms with E-state index in [4.69, 9.17) is 11.1 Å². The number of carbonyl (C=O) groups excluding carboxylic acids is 1. The van der Waals surface area contributed by atoms with Crippen LogP contribution in [0.3, 0.4) is 0 Å². The Morgan fingerprint density at radius 3 is 2.82 bits per heavy atom. The molecule has 3 aromatic carbocycles. The molecule has 0 aliphatic carbocycles. The summed E-state index contributed by atoms with van der Waals surface area (Å²) in [6, 6.07) is 19.1. The maximum absolute atomic E-state index is 14.4. The number of nitrogens with one attached hydrogen (secondary N) is 3. The van der Waals surface area contributed by atoms with Crippen LogP contribution in [0.15, 0.2) is 60.7 Å². The molecule has 6 nitrogen and oxygen atoms in total. The third-order valence-electron chi connectivity index (χ3n) is 6.75. The van der Waals surface area contributed by atoms with Crippen LogP contribution in [0.1, 0.15) is 23.1 Å². The number of nitrogens with zero attached hydrogens (tertiary/aromatic N) is 1. The largest absolute Gasteiger partial charge is 0.384 e. The van der Waals surface area contributed by atoms with Crippen LogP contribution in [0.4, 0.5) is 10.1 Å². The molecule has 0 bridgehead atoms. The second kappa shape index (κ2) is 8.83. The summed E-state index contributed by atoms with van der Waals surface area (Å²) in [7, 11) is 0. The first-order chi connectivity index (χ1) is 16.0. The second-order valence-corrected chi connectivity index (χ2v) is 8.87. The molecule has 3 atom stereocenters. The molecule has 2 aliphatic rings. The number of anilines is 1. The minimum atomic E-state index is -1.10. The van der Waals surface area contributed by atoms with Crippen LogP contribution >= 0.6 is 0 Å². The highest BCUT2D eigenvalue weighted by atomic mass is 19.1. The Morgan fingerprint density at radius 1 is 1.18 bits per heavy atom. The molecule has 0 aromatic heterocycles. The number of carbonyl (C=O) groups is 1. The zero-order valence-electron chi connectivity index (χ0n) is 18.4. The third kappa shape index (κ3) is 4.16. The van der Waals surface area contributed by atoms with E-state index in [0.717, 1.165) is 27.6 Å². The van der Waals surface area contributed by atoms with E-state index in [1.165, 1.54) is 0 Å². The molecule has 1 fully saturated rings. The van der Waals surface area contributed by atoms with Crippen LogP contribution in [-0.4, -0.2) is 43.1 Å². The maximum atomic E-state index is 14.4. The number of nitrogen functional groups attached to an aromatic ring is 1. The van der Waals surface area contributed by atoms with Gasteiger partial charge in [0.15, 0.2) is 0 Å². The van der Waals surface area contributed by atoms with Gasteiger partial charge in [0.1, 0.15) is 18.0 Å². The lowest BCUT2D eigenvalue weighted by atomic mass is 10.0. The number of hydrogen-bond donors (Lipinski definition) is 4. The Balaban J connectivity index is 1.49. The van der Waals surface area contributed by atoms with Crippen molar-refractivity contribution in [2.24, 2.45) is 5.73 Å². The van der Waals surface area contributed by atoms with Crippen molar-refractivity contribution in [3.8, 4) is 0 Å². The maximum Gasteiger partial charge on any atom is 0.243 e. The van der Waals surface area contributed by atoms with Gasteiger partial charge in [-0.1, -0.05) is 54.6 Å². The average molecular weight is 446 g/mol. The lowest BCUT2D eigenvalue weighted by Gasteiger charge is -2.32. The summed E-state index contributed by atoms with van der Waals surface area (Å²) in [6.45, 7) is 1.48. The molecule has 1 amide bonds. The summed E-state index contributed by atoms with van der Waals surface area (Å²) in [4.78, 5) is 15.5. The van der Waals surface area contributed by atoms with Gasteiger partial charge in [-0.05, 0) is 40.9 Å². The zero-order chi connectivity index (χ0) is 22.9. The van der Waals surface area contributed by atoms with Gasteiger partial charge in [0, 0.05) is 30.8 Å². The summed E-state index contributed by atoms with van der Waals surface area (Å²) in [5.41, 5.74) is 9.42. The molecular weight excluding hydrogens is 417 g/mol. The van der Waals surface area contributed by atoms with E-state index in [-0.39, 0.29) is 18.3 Å². The lowest BCUT2D eigenvalue weighted by molar-refractivity contribution is -0.123. The standard InChI is InChI=1S/C26H28FN5O/c27-21-14-30-11-10-22(21)31-26(33)24-12-17-8-9-18(25(28)29)13-23(17)32(24)15-19-6-3-5-16-4-1-2-7-20(16)19/h1-9,13,21-22,24,30H,10-12,14-15H2,(H3,28,29)(H,31,33). The van der Waals surface area contributed by atoms with Crippen LogP contribution in [0.25, 0.3) is 10.8 Å². The van der Waals surface area contributed by atoms with Crippen molar-refractivity contribution < 1.29 is 9.18 Å². The van der Waals surface area contributed by atoms with Crippen molar-refractivity contribution in [3.63, 3.8) is 0 Å². The second-order valence-electron chi connectivity index (χ2n) is 8.87. The van der Waals surface area contributed by atoms with Crippen molar-refractivity contribution in [1.29, 1.82) is 5.41 Å². The van der Waals surface area contributed by atoms with Crippen LogP contribution < -0.4 is 21.3 Å². The van der Waals surface area contributed by atoms with E-state index in [1.807, 2.05) is 36.4 Å². The molecular formula is C26H28FN5O. The number of halogens is 1. The molecule has 0 spiro atoms. The third-order valence-corrected chi connectivity index (χ3v) is 6.75. The van der Waals surface area contributed by atoms with Crippen molar-refractivity contribution in [1.82, 2.24) is 10.6 Å². The number of amides is 1. The first kappa shape index (κ1) is 21.4. The molecule has 33 heavy (non-hydrogen) atoms. The van der Waals surface area contributed by atoms with Crippen LogP contribution in [0, 0.1) is 5.41 Å². The van der Waals surface area contributed by atoms with E-state index in [2.05, 4.69) is 39.8 Å². The smallest absolute Gasteiger partial charge is 0.243 e. The number of hydrogen-bond acceptors (Lipinski definition) is 4. The van der Waals surface area contributed by atoms with E-state index in [0.29, 0.717) is 31.5 Å². The summed E-state index contributed by atoms with van der Waals surface area (Å²) < 4.78 is 14.4. The van der Waals surface area contributed by atoms with Gasteiger partial charge in [-0.2, -0.15) is 0 Å². The van der Waals surface area contributed by atoms with E-state index in [1.54, 1.807) is 0 Å². The minimum absolute atomic E-state index is 0.00853. The fourth-order valence-electron chi connectivity index (χ4n) is 4.96. The van der Waals surface area contributed by atoms with E-state index < -0.39 is 18.3 Å². The zero-order valence-corrected chi connectivity index (χ0v) is 18.4. The molecule has 7 heteroatoms. The SMILES string of the molecule is N=C(N)c1ccc2c(c1)N(Cc1cccc3ccccc13)C(C(=O)NC1CCNCC1F)C2. The molecule has 3 aromatic rings. The van der Waals surface area contributed by atoms with Gasteiger partial charge in [0.05, 0.1) is 6.04 Å². The highest BCUT2D eigenvalue weighted by molar-refractivity contribution is 5.97. The summed E-state index contributed by atoms with van der Waals surface area (Å²) in [6.07, 6.45) is 0.0125. The Morgan fingerprint density at radius 2 is 2.00 bits per heavy atom. The molecule has 1 saturated heterocycles. The molecule has 170 valence electrons. The predicted molar refractivity (Wildman–Crippen MR) is 129 cm³/mol. The molecule has 5 N–H and O–H groups in total. The summed E-state index contributed by atoms with van der Waals surface area (Å²) in [5, 5.41) is 16.1. The fraction of sp³-hybridized carbons (Fsp3) is 0.308. The normalized spacial score (nSPS) is 22.2. The van der Waals surface area contributed by atoms with Gasteiger partial charge in [-0.3, -0.25) is 10.2 Å². The quantitative estimate of drug-likeness (QED) is 0.359. The summed E-state index contributed by atoms with van der Waals surface area (Å²) in [5.74, 6) is -0.170. The topological polar surface area (TPSA) is 94.2 Å². The Hall–Kier alpha value is -3.45. The number of fused-ring (bicyclic) bond motifs is 2. The highest BCUT2D eigenvalue weighted by Gasteiger charge is 2.37. The van der Waals surface area contributed by atoms with Gasteiger partial charge in [0.25, 0.3) is 0 Å². The Bertz CT molecular complexity index is 1210. The molecule has 3 unspecified atom stereocenters. The predicted octanol–water partition coefficient (Wildman–Crippen LogP) is 2.87. The van der Waals surface area contributed by atoms with Gasteiger partial charge < -0.3 is 21.3 Å². The van der Waals surface area contributed by atoms with Crippen LogP contribution in [0.5, 0.6) is 0 Å². The van der Waals surface area contributed by atoms with Crippen molar-refractivity contribution >= 4 is 28.2 Å². The Labute approximate surface area is 192 Å². The number of amidine groups is 1. The van der Waals surface area contributed by atoms with Crippen LogP contribution in [0.2, 0.25) is 0 Å². The number of rotatable bonds is 5. The van der Waals surface area contributed by atoms with Crippen molar-refractivity contribution in [3.05, 3.63) is 77.4 Å². The van der Waals surface area contributed by atoms with Crippen LogP contribution in [-0.2, 0) is 17.8 Å². The molecule has 5 rings (SSSR count). The van der Waals surface area contributed by atoms with E-state index >= 15 is 0 Å². The van der Waals surface area contributed by atoms with Gasteiger partial charge in [0.2, 0.25) is 5.91 Å². The Kier molecular flexibility index (Phi) is 5.72. The van der Waals surface area contributed by atoms with Gasteiger partial charge in [-0.25, -0.2) is 4.39 Å². The molecule has 2 heterocycles. The number of benzene rings is 3. The summed E-state index contributed by atoms with van der Waals surface area (Å²) >= 11 is 0. The number of piperidine rings is 1. The first-order valence-corrected chi connectivity index (χ1v) is 11.4. The first-order valence-electron chi connectivity index (χ1n) is 11.4. The lowest BCUT2D eigenvalue weighted by Crippen LogP contribution is -2.55. The molecule has 2 aliphatic heterocycles. The number of alkyl halides is 1. The highest BCUT2D eigenvalue weighted by Crippen LogP contribution is 2.36. The minimum Gasteiger partial charge on any atom is -0.384 e. The van der Waals surface area contributed by atoms with Crippen molar-refractivity contribution in [2.75, 3.05) is 18.0 Å².